The highest BCUT2D eigenvalue weighted by Crippen LogP contribution is 2.40. The van der Waals surface area contributed by atoms with Gasteiger partial charge >= 0.3 is 0 Å². The lowest BCUT2D eigenvalue weighted by atomic mass is 10.2. The number of benzene rings is 1. The number of nitrogens with one attached hydrogen (secondary N) is 1. The van der Waals surface area contributed by atoms with Gasteiger partial charge in [-0.2, -0.15) is 0 Å². The van der Waals surface area contributed by atoms with Crippen LogP contribution in [0.25, 0.3) is 10.2 Å². The first kappa shape index (κ1) is 18.0. The number of halogens is 1. The molecular weight excluding hydrogens is 386 g/mol. The molecule has 26 heavy (non-hydrogen) atoms. The van der Waals surface area contributed by atoms with Gasteiger partial charge in [0.2, 0.25) is 0 Å². The highest BCUT2D eigenvalue weighted by Gasteiger charge is 2.22. The van der Waals surface area contributed by atoms with Crippen molar-refractivity contribution in [1.82, 2.24) is 9.97 Å². The Balaban J connectivity index is 1.61. The summed E-state index contributed by atoms with van der Waals surface area (Å²) in [7, 11) is 0. The molecule has 3 aromatic rings. The minimum Gasteiger partial charge on any atom is -0.396 e. The SMILES string of the molecule is OCCCNc1nc(CSc2ccc(Cl)cc2)nc2sc3c(c12)CCC3. The molecule has 0 saturated carbocycles. The highest BCUT2D eigenvalue weighted by molar-refractivity contribution is 7.98. The van der Waals surface area contributed by atoms with Crippen LogP contribution in [0.3, 0.4) is 0 Å². The fraction of sp³-hybridized carbons (Fsp3) is 0.368. The standard InChI is InChI=1S/C19H20ClN3OS2/c20-12-5-7-13(8-6-12)25-11-16-22-18(21-9-2-10-24)17-14-3-1-4-15(14)26-19(17)23-16/h5-8,24H,1-4,9-11H2,(H,21,22,23). The lowest BCUT2D eigenvalue weighted by Gasteiger charge is -2.10. The third-order valence-electron chi connectivity index (χ3n) is 4.42. The Morgan fingerprint density at radius 3 is 2.85 bits per heavy atom. The fourth-order valence-corrected chi connectivity index (χ4v) is 5.36. The Hall–Kier alpha value is -1.34. The van der Waals surface area contributed by atoms with Crippen molar-refractivity contribution in [3.63, 3.8) is 0 Å². The summed E-state index contributed by atoms with van der Waals surface area (Å²) in [6, 6.07) is 7.84. The van der Waals surface area contributed by atoms with Crippen LogP contribution < -0.4 is 5.32 Å². The van der Waals surface area contributed by atoms with Crippen molar-refractivity contribution >= 4 is 50.7 Å². The first-order valence-corrected chi connectivity index (χ1v) is 11.0. The Morgan fingerprint density at radius 2 is 2.04 bits per heavy atom. The van der Waals surface area contributed by atoms with Crippen molar-refractivity contribution in [3.05, 3.63) is 45.6 Å². The number of aliphatic hydroxyl groups excluding tert-OH is 1. The number of thiophene rings is 1. The van der Waals surface area contributed by atoms with Gasteiger partial charge in [0.05, 0.1) is 11.1 Å². The number of aryl methyl sites for hydroxylation is 2. The molecule has 0 atom stereocenters. The molecular formula is C19H20ClN3OS2. The Morgan fingerprint density at radius 1 is 1.19 bits per heavy atom. The molecule has 2 aromatic heterocycles. The van der Waals surface area contributed by atoms with Crippen LogP contribution >= 0.6 is 34.7 Å². The van der Waals surface area contributed by atoms with E-state index in [9.17, 15) is 0 Å². The largest absolute Gasteiger partial charge is 0.396 e. The quantitative estimate of drug-likeness (QED) is 0.431. The number of nitrogens with zero attached hydrogens (tertiary/aromatic N) is 2. The van der Waals surface area contributed by atoms with Gasteiger partial charge in [-0.05, 0) is 55.5 Å². The molecule has 4 nitrogen and oxygen atoms in total. The van der Waals surface area contributed by atoms with Crippen LogP contribution in [0.5, 0.6) is 0 Å². The summed E-state index contributed by atoms with van der Waals surface area (Å²) in [4.78, 5) is 13.3. The third kappa shape index (κ3) is 3.83. The van der Waals surface area contributed by atoms with Gasteiger partial charge in [-0.15, -0.1) is 23.1 Å². The molecule has 1 aromatic carbocycles. The van der Waals surface area contributed by atoms with E-state index in [-0.39, 0.29) is 6.61 Å². The zero-order valence-electron chi connectivity index (χ0n) is 14.3. The second-order valence-corrected chi connectivity index (χ2v) is 8.84. The summed E-state index contributed by atoms with van der Waals surface area (Å²) in [6.07, 6.45) is 4.21. The van der Waals surface area contributed by atoms with Gasteiger partial charge in [0.15, 0.2) is 0 Å². The van der Waals surface area contributed by atoms with Gasteiger partial charge in [-0.25, -0.2) is 9.97 Å². The second kappa shape index (κ2) is 8.13. The van der Waals surface area contributed by atoms with E-state index >= 15 is 0 Å². The first-order valence-electron chi connectivity index (χ1n) is 8.79. The first-order chi connectivity index (χ1) is 12.7. The van der Waals surface area contributed by atoms with Crippen LogP contribution in [-0.4, -0.2) is 28.2 Å². The molecule has 0 amide bonds. The zero-order valence-corrected chi connectivity index (χ0v) is 16.7. The van der Waals surface area contributed by atoms with Gasteiger partial charge in [0, 0.05) is 27.9 Å². The molecule has 1 aliphatic carbocycles. The van der Waals surface area contributed by atoms with E-state index in [1.807, 2.05) is 35.6 Å². The van der Waals surface area contributed by atoms with Crippen LogP contribution in [0.1, 0.15) is 29.1 Å². The van der Waals surface area contributed by atoms with Gasteiger partial charge in [0.25, 0.3) is 0 Å². The summed E-state index contributed by atoms with van der Waals surface area (Å²) in [6.45, 7) is 0.902. The minimum atomic E-state index is 0.183. The molecule has 2 heterocycles. The molecule has 0 unspecified atom stereocenters. The predicted octanol–water partition coefficient (Wildman–Crippen LogP) is 4.92. The highest BCUT2D eigenvalue weighted by atomic mass is 35.5. The summed E-state index contributed by atoms with van der Waals surface area (Å²) >= 11 is 9.48. The summed E-state index contributed by atoms with van der Waals surface area (Å²) < 4.78 is 0. The molecule has 2 N–H and O–H groups in total. The molecule has 7 heteroatoms. The molecule has 0 fully saturated rings. The molecule has 0 radical (unpaired) electrons. The van der Waals surface area contributed by atoms with E-state index in [0.717, 1.165) is 51.5 Å². The molecule has 136 valence electrons. The second-order valence-electron chi connectivity index (χ2n) is 6.27. The summed E-state index contributed by atoms with van der Waals surface area (Å²) in [5, 5.41) is 14.4. The van der Waals surface area contributed by atoms with E-state index in [4.69, 9.17) is 26.7 Å². The van der Waals surface area contributed by atoms with Crippen molar-refractivity contribution in [2.45, 2.75) is 36.3 Å². The average molecular weight is 406 g/mol. The number of thioether (sulfide) groups is 1. The predicted molar refractivity (Wildman–Crippen MR) is 111 cm³/mol. The van der Waals surface area contributed by atoms with Gasteiger partial charge in [-0.1, -0.05) is 11.6 Å². The van der Waals surface area contributed by atoms with Gasteiger partial charge in [-0.3, -0.25) is 0 Å². The van der Waals surface area contributed by atoms with Gasteiger partial charge in [0.1, 0.15) is 16.5 Å². The number of hydrogen-bond acceptors (Lipinski definition) is 6. The van der Waals surface area contributed by atoms with E-state index in [0.29, 0.717) is 6.42 Å². The number of anilines is 1. The maximum atomic E-state index is 9.07. The van der Waals surface area contributed by atoms with Crippen molar-refractivity contribution in [2.24, 2.45) is 0 Å². The Kier molecular flexibility index (Phi) is 5.64. The summed E-state index contributed by atoms with van der Waals surface area (Å²) in [5.41, 5.74) is 1.42. The normalized spacial score (nSPS) is 13.3. The molecule has 0 saturated heterocycles. The minimum absolute atomic E-state index is 0.183. The maximum absolute atomic E-state index is 9.07. The van der Waals surface area contributed by atoms with Crippen LogP contribution in [0.2, 0.25) is 5.02 Å². The molecule has 0 spiro atoms. The topological polar surface area (TPSA) is 58.0 Å². The monoisotopic (exact) mass is 405 g/mol. The summed E-state index contributed by atoms with van der Waals surface area (Å²) in [5.74, 6) is 2.48. The Bertz CT molecular complexity index is 911. The lowest BCUT2D eigenvalue weighted by Crippen LogP contribution is -2.08. The van der Waals surface area contributed by atoms with Crippen LogP contribution in [0.15, 0.2) is 29.2 Å². The number of fused-ring (bicyclic) bond motifs is 3. The number of hydrogen-bond donors (Lipinski definition) is 2. The van der Waals surface area contributed by atoms with Crippen molar-refractivity contribution in [1.29, 1.82) is 0 Å². The molecule has 0 bridgehead atoms. The van der Waals surface area contributed by atoms with Crippen molar-refractivity contribution < 1.29 is 5.11 Å². The van der Waals surface area contributed by atoms with Crippen LogP contribution in [0.4, 0.5) is 5.82 Å². The van der Waals surface area contributed by atoms with Gasteiger partial charge < -0.3 is 10.4 Å². The zero-order chi connectivity index (χ0) is 17.9. The molecule has 0 aliphatic heterocycles. The van der Waals surface area contributed by atoms with Crippen LogP contribution in [-0.2, 0) is 18.6 Å². The Labute approximate surface area is 166 Å². The molecule has 4 rings (SSSR count). The molecule has 1 aliphatic rings. The van der Waals surface area contributed by atoms with E-state index in [1.165, 1.54) is 22.2 Å². The lowest BCUT2D eigenvalue weighted by molar-refractivity contribution is 0.292. The van der Waals surface area contributed by atoms with Crippen molar-refractivity contribution in [2.75, 3.05) is 18.5 Å². The number of aromatic nitrogens is 2. The number of rotatable bonds is 7. The smallest absolute Gasteiger partial charge is 0.142 e. The van der Waals surface area contributed by atoms with Crippen LogP contribution in [0, 0.1) is 0 Å². The van der Waals surface area contributed by atoms with E-state index in [2.05, 4.69) is 5.32 Å². The van der Waals surface area contributed by atoms with Crippen molar-refractivity contribution in [3.8, 4) is 0 Å². The fourth-order valence-electron chi connectivity index (χ4n) is 3.20. The number of aliphatic hydroxyl groups is 1. The van der Waals surface area contributed by atoms with E-state index < -0.39 is 0 Å². The average Bonchev–Trinajstić information content (AvgIpc) is 3.22. The third-order valence-corrected chi connectivity index (χ3v) is 6.87. The van der Waals surface area contributed by atoms with E-state index in [1.54, 1.807) is 11.8 Å². The maximum Gasteiger partial charge on any atom is 0.142 e.